The number of nitrogens with one attached hydrogen (secondary N) is 2. The van der Waals surface area contributed by atoms with Gasteiger partial charge in [-0.05, 0) is 30.9 Å². The number of aliphatic imine (C=N–C) groups is 1. The average Bonchev–Trinajstić information content (AvgIpc) is 3.15. The van der Waals surface area contributed by atoms with Crippen LogP contribution in [0.3, 0.4) is 0 Å². The first-order valence-electron chi connectivity index (χ1n) is 9.31. The maximum absolute atomic E-state index is 5.94. The van der Waals surface area contributed by atoms with Crippen molar-refractivity contribution in [1.29, 1.82) is 0 Å². The molecule has 0 saturated heterocycles. The van der Waals surface area contributed by atoms with E-state index in [1.54, 1.807) is 13.2 Å². The number of benzene rings is 1. The SMILES string of the molecule is CN=C(NCCCn1cccn1)NCc1ccccc1OCCC(C)C.I. The molecule has 27 heavy (non-hydrogen) atoms. The monoisotopic (exact) mass is 485 g/mol. The van der Waals surface area contributed by atoms with Crippen LogP contribution in [0.5, 0.6) is 5.75 Å². The number of hydrogen-bond donors (Lipinski definition) is 2. The van der Waals surface area contributed by atoms with E-state index in [4.69, 9.17) is 4.74 Å². The molecule has 1 heterocycles. The normalized spacial score (nSPS) is 11.2. The Morgan fingerprint density at radius 1 is 1.22 bits per heavy atom. The Morgan fingerprint density at radius 3 is 2.74 bits per heavy atom. The molecule has 2 aromatic rings. The van der Waals surface area contributed by atoms with Gasteiger partial charge in [-0.15, -0.1) is 24.0 Å². The number of para-hydroxylation sites is 1. The summed E-state index contributed by atoms with van der Waals surface area (Å²) in [4.78, 5) is 4.28. The fourth-order valence-electron chi connectivity index (χ4n) is 2.48. The standard InChI is InChI=1S/C20H31N5O.HI/c1-17(2)10-15-26-19-9-5-4-8-18(19)16-23-20(21-3)22-11-6-13-25-14-7-12-24-25;/h4-5,7-9,12,14,17H,6,10-11,13,15-16H2,1-3H3,(H2,21,22,23);1H. The maximum Gasteiger partial charge on any atom is 0.191 e. The molecule has 1 aromatic carbocycles. The minimum Gasteiger partial charge on any atom is -0.493 e. The smallest absolute Gasteiger partial charge is 0.191 e. The van der Waals surface area contributed by atoms with E-state index in [1.807, 2.05) is 35.1 Å². The van der Waals surface area contributed by atoms with Gasteiger partial charge in [0.15, 0.2) is 5.96 Å². The van der Waals surface area contributed by atoms with Gasteiger partial charge < -0.3 is 15.4 Å². The summed E-state index contributed by atoms with van der Waals surface area (Å²) in [7, 11) is 1.79. The molecular weight excluding hydrogens is 453 g/mol. The van der Waals surface area contributed by atoms with Crippen molar-refractivity contribution in [3.8, 4) is 5.75 Å². The van der Waals surface area contributed by atoms with Gasteiger partial charge in [-0.1, -0.05) is 32.0 Å². The minimum absolute atomic E-state index is 0. The molecule has 0 bridgehead atoms. The van der Waals surface area contributed by atoms with Crippen molar-refractivity contribution in [2.75, 3.05) is 20.2 Å². The zero-order chi connectivity index (χ0) is 18.6. The third-order valence-corrected chi connectivity index (χ3v) is 4.01. The predicted molar refractivity (Wildman–Crippen MR) is 122 cm³/mol. The van der Waals surface area contributed by atoms with Crippen LogP contribution in [0.15, 0.2) is 47.7 Å². The number of halogens is 1. The van der Waals surface area contributed by atoms with E-state index in [1.165, 1.54) is 0 Å². The molecule has 0 aliphatic rings. The van der Waals surface area contributed by atoms with Gasteiger partial charge in [-0.3, -0.25) is 9.67 Å². The van der Waals surface area contributed by atoms with Crippen molar-refractivity contribution in [1.82, 2.24) is 20.4 Å². The lowest BCUT2D eigenvalue weighted by Crippen LogP contribution is -2.37. The Morgan fingerprint density at radius 2 is 2.04 bits per heavy atom. The molecule has 0 spiro atoms. The molecule has 0 saturated carbocycles. The van der Waals surface area contributed by atoms with E-state index in [0.717, 1.165) is 49.8 Å². The van der Waals surface area contributed by atoms with Crippen LogP contribution in [-0.2, 0) is 13.1 Å². The minimum atomic E-state index is 0. The summed E-state index contributed by atoms with van der Waals surface area (Å²) in [6, 6.07) is 10.1. The maximum atomic E-state index is 5.94. The van der Waals surface area contributed by atoms with E-state index >= 15 is 0 Å². The Bertz CT molecular complexity index is 658. The number of hydrogen-bond acceptors (Lipinski definition) is 3. The fourth-order valence-corrected chi connectivity index (χ4v) is 2.48. The van der Waals surface area contributed by atoms with Crippen LogP contribution in [0, 0.1) is 5.92 Å². The van der Waals surface area contributed by atoms with E-state index in [-0.39, 0.29) is 24.0 Å². The first-order valence-corrected chi connectivity index (χ1v) is 9.31. The highest BCUT2D eigenvalue weighted by Gasteiger charge is 2.05. The van der Waals surface area contributed by atoms with Crippen molar-refractivity contribution in [3.63, 3.8) is 0 Å². The van der Waals surface area contributed by atoms with Gasteiger partial charge in [-0.25, -0.2) is 0 Å². The zero-order valence-corrected chi connectivity index (χ0v) is 18.8. The van der Waals surface area contributed by atoms with Crippen molar-refractivity contribution in [3.05, 3.63) is 48.3 Å². The van der Waals surface area contributed by atoms with Crippen molar-refractivity contribution >= 4 is 29.9 Å². The lowest BCUT2D eigenvalue weighted by Gasteiger charge is -2.15. The number of rotatable bonds is 10. The van der Waals surface area contributed by atoms with Crippen LogP contribution in [0.25, 0.3) is 0 Å². The van der Waals surface area contributed by atoms with Crippen molar-refractivity contribution in [2.45, 2.75) is 39.8 Å². The molecule has 0 aliphatic heterocycles. The zero-order valence-electron chi connectivity index (χ0n) is 16.5. The Balaban J connectivity index is 0.00000364. The highest BCUT2D eigenvalue weighted by atomic mass is 127. The molecular formula is C20H32IN5O. The number of ether oxygens (including phenoxy) is 1. The molecule has 0 unspecified atom stereocenters. The van der Waals surface area contributed by atoms with Crippen LogP contribution in [-0.4, -0.2) is 35.9 Å². The largest absolute Gasteiger partial charge is 0.493 e. The quantitative estimate of drug-likeness (QED) is 0.233. The number of nitrogens with zero attached hydrogens (tertiary/aromatic N) is 3. The molecule has 6 nitrogen and oxygen atoms in total. The highest BCUT2D eigenvalue weighted by Crippen LogP contribution is 2.18. The summed E-state index contributed by atoms with van der Waals surface area (Å²) in [6.07, 6.45) is 5.82. The van der Waals surface area contributed by atoms with Crippen LogP contribution < -0.4 is 15.4 Å². The molecule has 2 N–H and O–H groups in total. The van der Waals surface area contributed by atoms with E-state index in [9.17, 15) is 0 Å². The molecule has 2 rings (SSSR count). The molecule has 0 aliphatic carbocycles. The summed E-state index contributed by atoms with van der Waals surface area (Å²) < 4.78 is 7.88. The molecule has 0 atom stereocenters. The summed E-state index contributed by atoms with van der Waals surface area (Å²) in [5.41, 5.74) is 1.13. The number of guanidine groups is 1. The molecule has 150 valence electrons. The second-order valence-electron chi connectivity index (χ2n) is 6.61. The number of aromatic nitrogens is 2. The van der Waals surface area contributed by atoms with Crippen molar-refractivity contribution < 1.29 is 4.74 Å². The van der Waals surface area contributed by atoms with Gasteiger partial charge in [0.25, 0.3) is 0 Å². The Kier molecular flexibility index (Phi) is 11.6. The lowest BCUT2D eigenvalue weighted by molar-refractivity contribution is 0.286. The predicted octanol–water partition coefficient (Wildman–Crippen LogP) is 3.68. The summed E-state index contributed by atoms with van der Waals surface area (Å²) >= 11 is 0. The molecule has 0 radical (unpaired) electrons. The summed E-state index contributed by atoms with van der Waals surface area (Å²) in [6.45, 7) is 7.57. The van der Waals surface area contributed by atoms with E-state index in [2.05, 4.69) is 40.6 Å². The number of aryl methyl sites for hydroxylation is 1. The first kappa shape index (κ1) is 23.3. The Hall–Kier alpha value is -1.77. The third-order valence-electron chi connectivity index (χ3n) is 4.01. The van der Waals surface area contributed by atoms with Gasteiger partial charge in [0.1, 0.15) is 5.75 Å². The molecule has 0 fully saturated rings. The van der Waals surface area contributed by atoms with Gasteiger partial charge >= 0.3 is 0 Å². The fraction of sp³-hybridized carbons (Fsp3) is 0.500. The molecule has 7 heteroatoms. The topological polar surface area (TPSA) is 63.5 Å². The van der Waals surface area contributed by atoms with E-state index < -0.39 is 0 Å². The Labute approximate surface area is 179 Å². The second kappa shape index (κ2) is 13.4. The average molecular weight is 485 g/mol. The van der Waals surface area contributed by atoms with Crippen LogP contribution in [0.4, 0.5) is 0 Å². The van der Waals surface area contributed by atoms with Crippen LogP contribution >= 0.6 is 24.0 Å². The van der Waals surface area contributed by atoms with Crippen LogP contribution in [0.1, 0.15) is 32.3 Å². The summed E-state index contributed by atoms with van der Waals surface area (Å²) in [5, 5.41) is 10.9. The van der Waals surface area contributed by atoms with Crippen LogP contribution in [0.2, 0.25) is 0 Å². The summed E-state index contributed by atoms with van der Waals surface area (Å²) in [5.74, 6) is 2.38. The molecule has 1 aromatic heterocycles. The molecule has 0 amide bonds. The lowest BCUT2D eigenvalue weighted by atomic mass is 10.1. The second-order valence-corrected chi connectivity index (χ2v) is 6.61. The first-order chi connectivity index (χ1) is 12.7. The van der Waals surface area contributed by atoms with Gasteiger partial charge in [-0.2, -0.15) is 5.10 Å². The van der Waals surface area contributed by atoms with Crippen molar-refractivity contribution in [2.24, 2.45) is 10.9 Å². The highest BCUT2D eigenvalue weighted by molar-refractivity contribution is 14.0. The van der Waals surface area contributed by atoms with Gasteiger partial charge in [0.05, 0.1) is 6.61 Å². The van der Waals surface area contributed by atoms with E-state index in [0.29, 0.717) is 12.5 Å². The third kappa shape index (κ3) is 9.12. The van der Waals surface area contributed by atoms with Gasteiger partial charge in [0, 0.05) is 44.6 Å². The van der Waals surface area contributed by atoms with Gasteiger partial charge in [0.2, 0.25) is 0 Å².